The zero-order chi connectivity index (χ0) is 15.6. The first-order valence-corrected chi connectivity index (χ1v) is 7.18. The SMILES string of the molecule is COc1ccc(N)cc1NC(=O)c1snnc1C(C)(C)C. The molecule has 1 heterocycles. The number of carbonyl (C=O) groups is 1. The van der Waals surface area contributed by atoms with E-state index in [0.29, 0.717) is 27.7 Å². The minimum Gasteiger partial charge on any atom is -0.495 e. The van der Waals surface area contributed by atoms with Gasteiger partial charge in [-0.05, 0) is 29.7 Å². The first kappa shape index (κ1) is 15.2. The number of benzene rings is 1. The minimum atomic E-state index is -0.265. The van der Waals surface area contributed by atoms with Gasteiger partial charge in [-0.2, -0.15) is 0 Å². The lowest BCUT2D eigenvalue weighted by atomic mass is 9.91. The van der Waals surface area contributed by atoms with Gasteiger partial charge < -0.3 is 15.8 Å². The molecule has 1 aromatic heterocycles. The number of nitrogens with zero attached hydrogens (tertiary/aromatic N) is 2. The van der Waals surface area contributed by atoms with E-state index < -0.39 is 0 Å². The third-order valence-electron chi connectivity index (χ3n) is 2.88. The van der Waals surface area contributed by atoms with Gasteiger partial charge in [-0.3, -0.25) is 4.79 Å². The fraction of sp³-hybridized carbons (Fsp3) is 0.357. The molecule has 6 nitrogen and oxygen atoms in total. The Morgan fingerprint density at radius 1 is 1.38 bits per heavy atom. The van der Waals surface area contributed by atoms with E-state index in [1.165, 1.54) is 7.11 Å². The summed E-state index contributed by atoms with van der Waals surface area (Å²) < 4.78 is 9.10. The zero-order valence-corrected chi connectivity index (χ0v) is 13.2. The summed E-state index contributed by atoms with van der Waals surface area (Å²) in [6, 6.07) is 5.08. The van der Waals surface area contributed by atoms with Crippen molar-refractivity contribution in [2.75, 3.05) is 18.2 Å². The van der Waals surface area contributed by atoms with Gasteiger partial charge in [-0.25, -0.2) is 0 Å². The molecule has 0 saturated carbocycles. The van der Waals surface area contributed by atoms with E-state index in [2.05, 4.69) is 14.9 Å². The van der Waals surface area contributed by atoms with Gasteiger partial charge in [0.15, 0.2) is 0 Å². The summed E-state index contributed by atoms with van der Waals surface area (Å²) >= 11 is 1.08. The molecule has 0 aliphatic rings. The number of nitrogens with one attached hydrogen (secondary N) is 1. The van der Waals surface area contributed by atoms with E-state index in [-0.39, 0.29) is 11.3 Å². The number of hydrogen-bond donors (Lipinski definition) is 2. The Labute approximate surface area is 127 Å². The van der Waals surface area contributed by atoms with Crippen LogP contribution in [0.15, 0.2) is 18.2 Å². The lowest BCUT2D eigenvalue weighted by Crippen LogP contribution is -2.20. The number of rotatable bonds is 3. The molecule has 112 valence electrons. The number of nitrogen functional groups attached to an aromatic ring is 1. The molecule has 2 rings (SSSR count). The van der Waals surface area contributed by atoms with Gasteiger partial charge in [0.25, 0.3) is 5.91 Å². The molecule has 7 heteroatoms. The van der Waals surface area contributed by atoms with Crippen molar-refractivity contribution in [3.8, 4) is 5.75 Å². The molecular weight excluding hydrogens is 288 g/mol. The van der Waals surface area contributed by atoms with Crippen LogP contribution in [0.4, 0.5) is 11.4 Å². The predicted molar refractivity (Wildman–Crippen MR) is 84.0 cm³/mol. The Morgan fingerprint density at radius 3 is 2.71 bits per heavy atom. The van der Waals surface area contributed by atoms with E-state index in [0.717, 1.165) is 11.5 Å². The molecule has 0 radical (unpaired) electrons. The molecule has 0 bridgehead atoms. The number of anilines is 2. The first-order valence-electron chi connectivity index (χ1n) is 6.40. The molecule has 0 aliphatic heterocycles. The Kier molecular flexibility index (Phi) is 4.13. The zero-order valence-electron chi connectivity index (χ0n) is 12.4. The number of hydrogen-bond acceptors (Lipinski definition) is 6. The number of carbonyl (C=O) groups excluding carboxylic acids is 1. The fourth-order valence-electron chi connectivity index (χ4n) is 1.83. The summed E-state index contributed by atoms with van der Waals surface area (Å²) in [7, 11) is 1.54. The monoisotopic (exact) mass is 306 g/mol. The first-order chi connectivity index (χ1) is 9.82. The van der Waals surface area contributed by atoms with Crippen molar-refractivity contribution < 1.29 is 9.53 Å². The van der Waals surface area contributed by atoms with Gasteiger partial charge in [0.2, 0.25) is 0 Å². The van der Waals surface area contributed by atoms with Gasteiger partial charge >= 0.3 is 0 Å². The van der Waals surface area contributed by atoms with Crippen LogP contribution in [0.25, 0.3) is 0 Å². The standard InChI is InChI=1S/C14H18N4O2S/c1-14(2,3)12-11(21-18-17-12)13(19)16-9-7-8(15)5-6-10(9)20-4/h5-7H,15H2,1-4H3,(H,16,19). The maximum absolute atomic E-state index is 12.4. The minimum absolute atomic E-state index is 0.251. The summed E-state index contributed by atoms with van der Waals surface area (Å²) in [5.41, 5.74) is 7.24. The van der Waals surface area contributed by atoms with Crippen LogP contribution in [-0.4, -0.2) is 22.6 Å². The Hall–Kier alpha value is -2.15. The number of amides is 1. The van der Waals surface area contributed by atoms with Gasteiger partial charge in [-0.15, -0.1) is 5.10 Å². The Bertz CT molecular complexity index is 661. The second kappa shape index (κ2) is 5.69. The van der Waals surface area contributed by atoms with E-state index in [4.69, 9.17) is 10.5 Å². The Morgan fingerprint density at radius 2 is 2.10 bits per heavy atom. The van der Waals surface area contributed by atoms with Crippen molar-refractivity contribution in [1.29, 1.82) is 0 Å². The van der Waals surface area contributed by atoms with Crippen LogP contribution in [0.1, 0.15) is 36.1 Å². The summed E-state index contributed by atoms with van der Waals surface area (Å²) in [4.78, 5) is 12.9. The lowest BCUT2D eigenvalue weighted by Gasteiger charge is -2.16. The maximum Gasteiger partial charge on any atom is 0.269 e. The number of aromatic nitrogens is 2. The fourth-order valence-corrected chi connectivity index (χ4v) is 2.60. The van der Waals surface area contributed by atoms with E-state index in [1.807, 2.05) is 20.8 Å². The van der Waals surface area contributed by atoms with Crippen molar-refractivity contribution >= 4 is 28.8 Å². The summed E-state index contributed by atoms with van der Waals surface area (Å²) in [6.45, 7) is 5.96. The molecular formula is C14H18N4O2S. The van der Waals surface area contributed by atoms with Crippen molar-refractivity contribution in [3.05, 3.63) is 28.8 Å². The maximum atomic E-state index is 12.4. The molecule has 0 unspecified atom stereocenters. The second-order valence-corrected chi connectivity index (χ2v) is 6.37. The van der Waals surface area contributed by atoms with E-state index in [1.54, 1.807) is 18.2 Å². The summed E-state index contributed by atoms with van der Waals surface area (Å²) in [5, 5.41) is 6.87. The molecule has 0 spiro atoms. The van der Waals surface area contributed by atoms with Crippen LogP contribution < -0.4 is 15.8 Å². The van der Waals surface area contributed by atoms with E-state index in [9.17, 15) is 4.79 Å². The van der Waals surface area contributed by atoms with Gasteiger partial charge in [0.05, 0.1) is 18.5 Å². The highest BCUT2D eigenvalue weighted by Crippen LogP contribution is 2.30. The van der Waals surface area contributed by atoms with Gasteiger partial charge in [0.1, 0.15) is 10.6 Å². The van der Waals surface area contributed by atoms with Crippen molar-refractivity contribution in [3.63, 3.8) is 0 Å². The number of methoxy groups -OCH3 is 1. The van der Waals surface area contributed by atoms with E-state index >= 15 is 0 Å². The average molecular weight is 306 g/mol. The molecule has 0 saturated heterocycles. The molecule has 3 N–H and O–H groups in total. The molecule has 0 aliphatic carbocycles. The number of nitrogens with two attached hydrogens (primary N) is 1. The lowest BCUT2D eigenvalue weighted by molar-refractivity contribution is 0.102. The highest BCUT2D eigenvalue weighted by molar-refractivity contribution is 7.08. The van der Waals surface area contributed by atoms with Crippen LogP contribution in [-0.2, 0) is 5.41 Å². The summed E-state index contributed by atoms with van der Waals surface area (Å²) in [6.07, 6.45) is 0. The third kappa shape index (κ3) is 3.30. The predicted octanol–water partition coefficient (Wildman–Crippen LogP) is 2.68. The third-order valence-corrected chi connectivity index (χ3v) is 3.60. The molecule has 0 fully saturated rings. The van der Waals surface area contributed by atoms with Crippen molar-refractivity contribution in [2.24, 2.45) is 0 Å². The molecule has 21 heavy (non-hydrogen) atoms. The number of ether oxygens (including phenoxy) is 1. The van der Waals surface area contributed by atoms with Crippen LogP contribution in [0.2, 0.25) is 0 Å². The highest BCUT2D eigenvalue weighted by Gasteiger charge is 2.26. The smallest absolute Gasteiger partial charge is 0.269 e. The van der Waals surface area contributed by atoms with Gasteiger partial charge in [0, 0.05) is 11.1 Å². The second-order valence-electron chi connectivity index (χ2n) is 5.61. The highest BCUT2D eigenvalue weighted by atomic mass is 32.1. The van der Waals surface area contributed by atoms with Gasteiger partial charge in [-0.1, -0.05) is 25.3 Å². The average Bonchev–Trinajstić information content (AvgIpc) is 2.88. The topological polar surface area (TPSA) is 90.1 Å². The molecule has 1 amide bonds. The van der Waals surface area contributed by atoms with Crippen molar-refractivity contribution in [2.45, 2.75) is 26.2 Å². The molecule has 1 aromatic carbocycles. The van der Waals surface area contributed by atoms with Crippen molar-refractivity contribution in [1.82, 2.24) is 9.59 Å². The normalized spacial score (nSPS) is 11.2. The van der Waals surface area contributed by atoms with Crippen LogP contribution >= 0.6 is 11.5 Å². The molecule has 2 aromatic rings. The quantitative estimate of drug-likeness (QED) is 0.851. The Balaban J connectivity index is 2.31. The van der Waals surface area contributed by atoms with Crippen LogP contribution in [0.5, 0.6) is 5.75 Å². The molecule has 0 atom stereocenters. The summed E-state index contributed by atoms with van der Waals surface area (Å²) in [5.74, 6) is 0.283. The van der Waals surface area contributed by atoms with Crippen LogP contribution in [0, 0.1) is 0 Å². The van der Waals surface area contributed by atoms with Crippen LogP contribution in [0.3, 0.4) is 0 Å². The largest absolute Gasteiger partial charge is 0.495 e.